The summed E-state index contributed by atoms with van der Waals surface area (Å²) in [7, 11) is 0. The van der Waals surface area contributed by atoms with E-state index >= 15 is 0 Å². The number of nitriles is 1. The molecule has 2 amide bonds. The van der Waals surface area contributed by atoms with Crippen LogP contribution in [-0.2, 0) is 9.59 Å². The van der Waals surface area contributed by atoms with Gasteiger partial charge in [-0.3, -0.25) is 19.8 Å². The molecule has 8 heteroatoms. The molecule has 1 aliphatic heterocycles. The van der Waals surface area contributed by atoms with Gasteiger partial charge in [0.1, 0.15) is 17.4 Å². The van der Waals surface area contributed by atoms with E-state index in [0.717, 1.165) is 4.47 Å². The molecule has 1 heterocycles. The van der Waals surface area contributed by atoms with Crippen molar-refractivity contribution >= 4 is 56.8 Å². The molecule has 0 aliphatic carbocycles. The average Bonchev–Trinajstić information content (AvgIpc) is 2.66. The van der Waals surface area contributed by atoms with Crippen LogP contribution < -0.4 is 15.0 Å². The lowest BCUT2D eigenvalue weighted by atomic mass is 10.1. The second-order valence-electron chi connectivity index (χ2n) is 5.45. The minimum Gasteiger partial charge on any atom is -0.479 e. The predicted octanol–water partition coefficient (Wildman–Crippen LogP) is 3.18. The molecule has 134 valence electrons. The van der Waals surface area contributed by atoms with Gasteiger partial charge in [-0.15, -0.1) is 0 Å². The third kappa shape index (κ3) is 4.22. The van der Waals surface area contributed by atoms with Gasteiger partial charge in [-0.2, -0.15) is 5.26 Å². The molecule has 0 unspecified atom stereocenters. The number of hydrogen-bond donors (Lipinski definition) is 1. The van der Waals surface area contributed by atoms with Crippen LogP contribution in [0.2, 0.25) is 0 Å². The number of benzene rings is 2. The molecular formula is C19H12BrN3O3S. The quantitative estimate of drug-likeness (QED) is 0.447. The van der Waals surface area contributed by atoms with Crippen LogP contribution in [0.3, 0.4) is 0 Å². The van der Waals surface area contributed by atoms with Crippen molar-refractivity contribution < 1.29 is 14.3 Å². The highest BCUT2D eigenvalue weighted by Gasteiger charge is 2.34. The van der Waals surface area contributed by atoms with E-state index in [2.05, 4.69) is 21.2 Å². The van der Waals surface area contributed by atoms with Crippen molar-refractivity contribution in [2.24, 2.45) is 0 Å². The second kappa shape index (κ2) is 8.12. The zero-order valence-electron chi connectivity index (χ0n) is 13.8. The van der Waals surface area contributed by atoms with Gasteiger partial charge in [0.25, 0.3) is 11.8 Å². The molecule has 0 radical (unpaired) electrons. The number of carbonyl (C=O) groups excluding carboxylic acids is 2. The van der Waals surface area contributed by atoms with Gasteiger partial charge in [0.05, 0.1) is 5.69 Å². The SMILES string of the molecule is N#CCOc1ccc(/C=C2/C(=O)NC(=S)N(c3ccc(Br)cc3)C2=O)cc1. The minimum atomic E-state index is -0.553. The van der Waals surface area contributed by atoms with Crippen molar-refractivity contribution in [3.63, 3.8) is 0 Å². The maximum Gasteiger partial charge on any atom is 0.270 e. The first-order valence-electron chi connectivity index (χ1n) is 7.76. The van der Waals surface area contributed by atoms with Crippen LogP contribution in [-0.4, -0.2) is 23.5 Å². The number of carbonyl (C=O) groups is 2. The van der Waals surface area contributed by atoms with E-state index in [0.29, 0.717) is 17.0 Å². The first-order valence-corrected chi connectivity index (χ1v) is 8.96. The summed E-state index contributed by atoms with van der Waals surface area (Å²) in [5.41, 5.74) is 1.16. The fourth-order valence-electron chi connectivity index (χ4n) is 2.42. The van der Waals surface area contributed by atoms with Gasteiger partial charge in [0.2, 0.25) is 0 Å². The van der Waals surface area contributed by atoms with Crippen LogP contribution in [0.1, 0.15) is 5.56 Å². The first-order chi connectivity index (χ1) is 13.0. The lowest BCUT2D eigenvalue weighted by molar-refractivity contribution is -0.122. The summed E-state index contributed by atoms with van der Waals surface area (Å²) < 4.78 is 6.05. The predicted molar refractivity (Wildman–Crippen MR) is 108 cm³/mol. The van der Waals surface area contributed by atoms with Crippen molar-refractivity contribution in [3.05, 3.63) is 64.1 Å². The molecule has 27 heavy (non-hydrogen) atoms. The summed E-state index contributed by atoms with van der Waals surface area (Å²) in [5, 5.41) is 11.1. The van der Waals surface area contributed by atoms with Crippen LogP contribution in [0.25, 0.3) is 6.08 Å². The molecule has 1 saturated heterocycles. The highest BCUT2D eigenvalue weighted by atomic mass is 79.9. The van der Waals surface area contributed by atoms with Crippen molar-refractivity contribution in [2.75, 3.05) is 11.5 Å². The Morgan fingerprint density at radius 1 is 1.15 bits per heavy atom. The summed E-state index contributed by atoms with van der Waals surface area (Å²) >= 11 is 8.50. The summed E-state index contributed by atoms with van der Waals surface area (Å²) in [5.74, 6) is -0.533. The van der Waals surface area contributed by atoms with Crippen LogP contribution in [0.15, 0.2) is 58.6 Å². The van der Waals surface area contributed by atoms with E-state index in [1.807, 2.05) is 6.07 Å². The van der Waals surface area contributed by atoms with E-state index < -0.39 is 11.8 Å². The molecule has 1 aliphatic rings. The Morgan fingerprint density at radius 3 is 2.44 bits per heavy atom. The lowest BCUT2D eigenvalue weighted by Gasteiger charge is -2.29. The van der Waals surface area contributed by atoms with E-state index in [4.69, 9.17) is 22.2 Å². The van der Waals surface area contributed by atoms with Crippen molar-refractivity contribution in [1.29, 1.82) is 5.26 Å². The highest BCUT2D eigenvalue weighted by Crippen LogP contribution is 2.24. The smallest absolute Gasteiger partial charge is 0.270 e. The topological polar surface area (TPSA) is 82.4 Å². The normalized spacial score (nSPS) is 15.5. The Labute approximate surface area is 169 Å². The molecule has 0 atom stereocenters. The number of anilines is 1. The molecule has 2 aromatic carbocycles. The molecule has 3 rings (SSSR count). The monoisotopic (exact) mass is 441 g/mol. The number of ether oxygens (including phenoxy) is 1. The van der Waals surface area contributed by atoms with Gasteiger partial charge < -0.3 is 4.74 Å². The molecule has 0 bridgehead atoms. The third-order valence-electron chi connectivity index (χ3n) is 3.68. The van der Waals surface area contributed by atoms with Gasteiger partial charge in [-0.25, -0.2) is 0 Å². The van der Waals surface area contributed by atoms with Gasteiger partial charge in [0, 0.05) is 4.47 Å². The van der Waals surface area contributed by atoms with Gasteiger partial charge >= 0.3 is 0 Å². The van der Waals surface area contributed by atoms with Crippen LogP contribution in [0.4, 0.5) is 5.69 Å². The van der Waals surface area contributed by atoms with Crippen LogP contribution in [0.5, 0.6) is 5.75 Å². The number of hydrogen-bond acceptors (Lipinski definition) is 5. The zero-order valence-corrected chi connectivity index (χ0v) is 16.2. The number of amides is 2. The molecule has 0 saturated carbocycles. The van der Waals surface area contributed by atoms with E-state index in [1.165, 1.54) is 11.0 Å². The highest BCUT2D eigenvalue weighted by molar-refractivity contribution is 9.10. The van der Waals surface area contributed by atoms with Crippen molar-refractivity contribution in [2.45, 2.75) is 0 Å². The number of thiocarbonyl (C=S) groups is 1. The minimum absolute atomic E-state index is 0.0304. The second-order valence-corrected chi connectivity index (χ2v) is 6.75. The van der Waals surface area contributed by atoms with E-state index in [9.17, 15) is 9.59 Å². The Bertz CT molecular complexity index is 979. The largest absolute Gasteiger partial charge is 0.479 e. The van der Waals surface area contributed by atoms with Gasteiger partial charge in [-0.1, -0.05) is 28.1 Å². The van der Waals surface area contributed by atoms with Gasteiger partial charge in [-0.05, 0) is 60.3 Å². The number of nitrogens with one attached hydrogen (secondary N) is 1. The number of halogens is 1. The molecule has 2 aromatic rings. The molecule has 1 N–H and O–H groups in total. The number of nitrogens with zero attached hydrogens (tertiary/aromatic N) is 2. The van der Waals surface area contributed by atoms with Crippen molar-refractivity contribution in [1.82, 2.24) is 5.32 Å². The van der Waals surface area contributed by atoms with Crippen LogP contribution >= 0.6 is 28.1 Å². The fraction of sp³-hybridized carbons (Fsp3) is 0.0526. The Kier molecular flexibility index (Phi) is 5.64. The molecule has 6 nitrogen and oxygen atoms in total. The van der Waals surface area contributed by atoms with E-state index in [1.54, 1.807) is 48.5 Å². The van der Waals surface area contributed by atoms with Crippen molar-refractivity contribution in [3.8, 4) is 11.8 Å². The maximum absolute atomic E-state index is 12.9. The lowest BCUT2D eigenvalue weighted by Crippen LogP contribution is -2.54. The average molecular weight is 442 g/mol. The third-order valence-corrected chi connectivity index (χ3v) is 4.49. The standard InChI is InChI=1S/C19H12BrN3O3S/c20-13-3-5-14(6-4-13)23-18(25)16(17(24)22-19(23)27)11-12-1-7-15(8-2-12)26-10-9-21/h1-8,11H,10H2,(H,22,24,27)/b16-11-. The molecule has 1 fully saturated rings. The molecular weight excluding hydrogens is 430 g/mol. The molecule has 0 spiro atoms. The Balaban J connectivity index is 1.89. The Hall–Kier alpha value is -3.02. The zero-order chi connectivity index (χ0) is 19.4. The fourth-order valence-corrected chi connectivity index (χ4v) is 2.97. The summed E-state index contributed by atoms with van der Waals surface area (Å²) in [6.45, 7) is -0.0546. The number of rotatable bonds is 4. The van der Waals surface area contributed by atoms with Crippen LogP contribution in [0, 0.1) is 11.3 Å². The maximum atomic E-state index is 12.9. The summed E-state index contributed by atoms with van der Waals surface area (Å²) in [6.07, 6.45) is 1.49. The molecule has 0 aromatic heterocycles. The summed E-state index contributed by atoms with van der Waals surface area (Å²) in [4.78, 5) is 26.4. The Morgan fingerprint density at radius 2 is 1.81 bits per heavy atom. The first kappa shape index (κ1) is 18.8. The summed E-state index contributed by atoms with van der Waals surface area (Å²) in [6, 6.07) is 15.6. The van der Waals surface area contributed by atoms with E-state index in [-0.39, 0.29) is 17.3 Å². The van der Waals surface area contributed by atoms with Gasteiger partial charge in [0.15, 0.2) is 11.7 Å².